The topological polar surface area (TPSA) is 41.6 Å². The summed E-state index contributed by atoms with van der Waals surface area (Å²) in [5.41, 5.74) is 5.96. The number of halogens is 1. The first kappa shape index (κ1) is 12.3. The van der Waals surface area contributed by atoms with E-state index in [-0.39, 0.29) is 0 Å². The van der Waals surface area contributed by atoms with Crippen LogP contribution in [0.1, 0.15) is 4.88 Å². The smallest absolute Gasteiger partial charge is 0.191 e. The minimum absolute atomic E-state index is 0.685. The third-order valence-corrected chi connectivity index (χ3v) is 4.98. The second-order valence-corrected chi connectivity index (χ2v) is 6.64. The van der Waals surface area contributed by atoms with Crippen molar-refractivity contribution in [3.63, 3.8) is 0 Å². The fourth-order valence-corrected chi connectivity index (χ4v) is 3.77. The van der Waals surface area contributed by atoms with E-state index in [1.54, 1.807) is 11.3 Å². The lowest BCUT2D eigenvalue weighted by molar-refractivity contribution is 0.456. The molecule has 1 aliphatic rings. The van der Waals surface area contributed by atoms with Crippen LogP contribution in [0.4, 0.5) is 0 Å². The van der Waals surface area contributed by atoms with Crippen molar-refractivity contribution in [2.75, 3.05) is 24.6 Å². The first-order valence-corrected chi connectivity index (χ1v) is 7.94. The van der Waals surface area contributed by atoms with E-state index in [2.05, 4.69) is 37.3 Å². The van der Waals surface area contributed by atoms with Gasteiger partial charge in [0.05, 0.1) is 6.54 Å². The molecule has 3 nitrogen and oxygen atoms in total. The number of aliphatic imine (C=N–C) groups is 1. The van der Waals surface area contributed by atoms with Gasteiger partial charge in [-0.1, -0.05) is 0 Å². The number of rotatable bonds is 2. The molecule has 0 aromatic carbocycles. The molecule has 0 saturated carbocycles. The quantitative estimate of drug-likeness (QED) is 0.672. The summed E-state index contributed by atoms with van der Waals surface area (Å²) in [6.45, 7) is 2.73. The Morgan fingerprint density at radius 2 is 2.25 bits per heavy atom. The van der Waals surface area contributed by atoms with Crippen molar-refractivity contribution in [2.24, 2.45) is 10.7 Å². The van der Waals surface area contributed by atoms with E-state index in [4.69, 9.17) is 5.73 Å². The Hall–Kier alpha value is -0.200. The van der Waals surface area contributed by atoms with Crippen molar-refractivity contribution in [1.82, 2.24) is 4.90 Å². The largest absolute Gasteiger partial charge is 0.370 e. The lowest BCUT2D eigenvalue weighted by Crippen LogP contribution is -2.42. The first-order valence-electron chi connectivity index (χ1n) is 5.11. The summed E-state index contributed by atoms with van der Waals surface area (Å²) in [5.74, 6) is 2.99. The Balaban J connectivity index is 1.90. The number of hydrogen-bond donors (Lipinski definition) is 1. The van der Waals surface area contributed by atoms with Crippen molar-refractivity contribution in [3.8, 4) is 0 Å². The summed E-state index contributed by atoms with van der Waals surface area (Å²) in [5, 5.41) is 2.07. The molecule has 0 radical (unpaired) electrons. The van der Waals surface area contributed by atoms with Crippen LogP contribution in [0.2, 0.25) is 0 Å². The molecular formula is C10H14BrN3S2. The zero-order valence-corrected chi connectivity index (χ0v) is 12.1. The van der Waals surface area contributed by atoms with Gasteiger partial charge in [0.25, 0.3) is 0 Å². The standard InChI is InChI=1S/C10H14BrN3S2/c11-8-5-9(16-7-8)6-13-10(12)14-1-3-15-4-2-14/h5,7H,1-4,6H2,(H2,12,13). The summed E-state index contributed by atoms with van der Waals surface area (Å²) in [7, 11) is 0. The molecule has 2 N–H and O–H groups in total. The van der Waals surface area contributed by atoms with Crippen molar-refractivity contribution in [2.45, 2.75) is 6.54 Å². The molecule has 0 atom stereocenters. The van der Waals surface area contributed by atoms with E-state index in [0.717, 1.165) is 29.1 Å². The molecule has 1 saturated heterocycles. The summed E-state index contributed by atoms with van der Waals surface area (Å²) in [6.07, 6.45) is 0. The van der Waals surface area contributed by atoms with Crippen LogP contribution >= 0.6 is 39.0 Å². The lowest BCUT2D eigenvalue weighted by Gasteiger charge is -2.27. The van der Waals surface area contributed by atoms with Crippen LogP contribution in [0.25, 0.3) is 0 Å². The fraction of sp³-hybridized carbons (Fsp3) is 0.500. The molecule has 6 heteroatoms. The molecule has 0 spiro atoms. The Kier molecular flexibility index (Phi) is 4.55. The Bertz CT molecular complexity index is 372. The third-order valence-electron chi connectivity index (χ3n) is 2.35. The number of thiophene rings is 1. The van der Waals surface area contributed by atoms with Gasteiger partial charge >= 0.3 is 0 Å². The van der Waals surface area contributed by atoms with Gasteiger partial charge < -0.3 is 10.6 Å². The second kappa shape index (κ2) is 5.93. The highest BCUT2D eigenvalue weighted by Gasteiger charge is 2.11. The Labute approximate surface area is 112 Å². The predicted octanol–water partition coefficient (Wildman–Crippen LogP) is 2.37. The highest BCUT2D eigenvalue weighted by atomic mass is 79.9. The summed E-state index contributed by atoms with van der Waals surface area (Å²) < 4.78 is 1.12. The fourth-order valence-electron chi connectivity index (χ4n) is 1.49. The summed E-state index contributed by atoms with van der Waals surface area (Å²) >= 11 is 7.12. The average Bonchev–Trinajstić information content (AvgIpc) is 2.73. The molecule has 88 valence electrons. The van der Waals surface area contributed by atoms with Gasteiger partial charge in [-0.3, -0.25) is 0 Å². The van der Waals surface area contributed by atoms with E-state index in [1.807, 2.05) is 11.8 Å². The van der Waals surface area contributed by atoms with Crippen LogP contribution < -0.4 is 5.73 Å². The molecule has 0 unspecified atom stereocenters. The van der Waals surface area contributed by atoms with Gasteiger partial charge in [-0.15, -0.1) is 11.3 Å². The summed E-state index contributed by atoms with van der Waals surface area (Å²) in [6, 6.07) is 2.09. The second-order valence-electron chi connectivity index (χ2n) is 3.51. The normalized spacial score (nSPS) is 17.8. The molecular weight excluding hydrogens is 306 g/mol. The SMILES string of the molecule is NC(=NCc1cc(Br)cs1)N1CCSCC1. The van der Waals surface area contributed by atoms with Gasteiger partial charge in [0.15, 0.2) is 5.96 Å². The lowest BCUT2D eigenvalue weighted by atomic mass is 10.5. The maximum absolute atomic E-state index is 5.96. The molecule has 2 rings (SSSR count). The first-order chi connectivity index (χ1) is 7.75. The molecule has 1 aromatic heterocycles. The minimum Gasteiger partial charge on any atom is -0.370 e. The zero-order valence-electron chi connectivity index (χ0n) is 8.86. The number of guanidine groups is 1. The van der Waals surface area contributed by atoms with Gasteiger partial charge in [-0.25, -0.2) is 4.99 Å². The molecule has 0 bridgehead atoms. The van der Waals surface area contributed by atoms with Crippen LogP contribution in [0, 0.1) is 0 Å². The Morgan fingerprint density at radius 1 is 1.50 bits per heavy atom. The van der Waals surface area contributed by atoms with E-state index < -0.39 is 0 Å². The monoisotopic (exact) mass is 319 g/mol. The number of nitrogens with two attached hydrogens (primary N) is 1. The number of nitrogens with zero attached hydrogens (tertiary/aromatic N) is 2. The highest BCUT2D eigenvalue weighted by molar-refractivity contribution is 9.10. The van der Waals surface area contributed by atoms with Crippen LogP contribution in [0.5, 0.6) is 0 Å². The molecule has 0 amide bonds. The maximum Gasteiger partial charge on any atom is 0.191 e. The van der Waals surface area contributed by atoms with Gasteiger partial charge in [-0.05, 0) is 22.0 Å². The van der Waals surface area contributed by atoms with Gasteiger partial charge in [0.2, 0.25) is 0 Å². The van der Waals surface area contributed by atoms with Crippen LogP contribution in [-0.4, -0.2) is 35.5 Å². The Morgan fingerprint density at radius 3 is 2.88 bits per heavy atom. The van der Waals surface area contributed by atoms with Crippen molar-refractivity contribution in [3.05, 3.63) is 20.8 Å². The van der Waals surface area contributed by atoms with E-state index in [1.165, 1.54) is 4.88 Å². The van der Waals surface area contributed by atoms with Crippen LogP contribution in [-0.2, 0) is 6.54 Å². The molecule has 0 aliphatic carbocycles. The van der Waals surface area contributed by atoms with Gasteiger partial charge in [-0.2, -0.15) is 11.8 Å². The van der Waals surface area contributed by atoms with E-state index >= 15 is 0 Å². The van der Waals surface area contributed by atoms with Crippen LogP contribution in [0.3, 0.4) is 0 Å². The maximum atomic E-state index is 5.96. The van der Waals surface area contributed by atoms with E-state index in [0.29, 0.717) is 12.5 Å². The van der Waals surface area contributed by atoms with Crippen molar-refractivity contribution in [1.29, 1.82) is 0 Å². The van der Waals surface area contributed by atoms with Gasteiger partial charge in [0, 0.05) is 39.3 Å². The number of thioether (sulfide) groups is 1. The van der Waals surface area contributed by atoms with Crippen LogP contribution in [0.15, 0.2) is 20.9 Å². The minimum atomic E-state index is 0.685. The zero-order chi connectivity index (χ0) is 11.4. The molecule has 1 aliphatic heterocycles. The third kappa shape index (κ3) is 3.40. The average molecular weight is 320 g/mol. The van der Waals surface area contributed by atoms with Crippen molar-refractivity contribution < 1.29 is 0 Å². The molecule has 16 heavy (non-hydrogen) atoms. The van der Waals surface area contributed by atoms with Crippen molar-refractivity contribution >= 4 is 45.0 Å². The summed E-state index contributed by atoms with van der Waals surface area (Å²) in [4.78, 5) is 7.84. The van der Waals surface area contributed by atoms with E-state index in [9.17, 15) is 0 Å². The van der Waals surface area contributed by atoms with Gasteiger partial charge in [0.1, 0.15) is 0 Å². The number of hydrogen-bond acceptors (Lipinski definition) is 3. The molecule has 1 aromatic rings. The predicted molar refractivity (Wildman–Crippen MR) is 76.2 cm³/mol. The highest BCUT2D eigenvalue weighted by Crippen LogP contribution is 2.20. The molecule has 1 fully saturated rings. The molecule has 2 heterocycles.